The van der Waals surface area contributed by atoms with Gasteiger partial charge in [-0.3, -0.25) is 4.79 Å². The van der Waals surface area contributed by atoms with E-state index in [2.05, 4.69) is 26.9 Å². The molecular formula is C21H20N6O. The van der Waals surface area contributed by atoms with Gasteiger partial charge < -0.3 is 5.32 Å². The highest BCUT2D eigenvalue weighted by atomic mass is 16.1. The maximum Gasteiger partial charge on any atom is 0.252 e. The van der Waals surface area contributed by atoms with E-state index in [1.165, 1.54) is 0 Å². The number of nitrogens with zero attached hydrogens (tertiary/aromatic N) is 5. The van der Waals surface area contributed by atoms with E-state index < -0.39 is 5.54 Å². The van der Waals surface area contributed by atoms with Crippen LogP contribution in [-0.4, -0.2) is 31.7 Å². The first kappa shape index (κ1) is 17.9. The summed E-state index contributed by atoms with van der Waals surface area (Å²) in [6, 6.07) is 15.9. The first-order valence-corrected chi connectivity index (χ1v) is 9.27. The first-order chi connectivity index (χ1) is 13.5. The van der Waals surface area contributed by atoms with Crippen molar-refractivity contribution in [2.45, 2.75) is 38.6 Å². The minimum atomic E-state index is -0.722. The Labute approximate surface area is 163 Å². The van der Waals surface area contributed by atoms with Crippen molar-refractivity contribution in [2.24, 2.45) is 0 Å². The summed E-state index contributed by atoms with van der Waals surface area (Å²) in [5.74, 6) is 0.448. The van der Waals surface area contributed by atoms with Gasteiger partial charge in [-0.1, -0.05) is 36.8 Å². The fraction of sp³-hybridized carbons (Fsp3) is 0.286. The lowest BCUT2D eigenvalue weighted by atomic mass is 10.0. The monoisotopic (exact) mass is 372 g/mol. The van der Waals surface area contributed by atoms with Crippen LogP contribution in [0.5, 0.6) is 0 Å². The van der Waals surface area contributed by atoms with Crippen molar-refractivity contribution in [3.05, 3.63) is 59.4 Å². The van der Waals surface area contributed by atoms with Crippen molar-refractivity contribution >= 4 is 5.91 Å². The molecule has 1 aromatic heterocycles. The number of nitriles is 1. The number of aryl methyl sites for hydroxylation is 2. The van der Waals surface area contributed by atoms with Crippen molar-refractivity contribution in [1.82, 2.24) is 25.5 Å². The normalized spacial score (nSPS) is 14.3. The Balaban J connectivity index is 1.80. The number of aromatic nitrogens is 4. The molecule has 3 aromatic rings. The van der Waals surface area contributed by atoms with E-state index in [0.717, 1.165) is 16.7 Å². The smallest absolute Gasteiger partial charge is 0.252 e. The Bertz CT molecular complexity index is 1070. The van der Waals surface area contributed by atoms with Gasteiger partial charge in [0.05, 0.1) is 11.8 Å². The van der Waals surface area contributed by atoms with Gasteiger partial charge in [-0.2, -0.15) is 9.94 Å². The van der Waals surface area contributed by atoms with E-state index in [1.54, 1.807) is 10.7 Å². The number of tetrazole rings is 1. The van der Waals surface area contributed by atoms with Gasteiger partial charge in [0, 0.05) is 12.0 Å². The third-order valence-electron chi connectivity index (χ3n) is 4.98. The quantitative estimate of drug-likeness (QED) is 0.743. The predicted molar refractivity (Wildman–Crippen MR) is 104 cm³/mol. The lowest BCUT2D eigenvalue weighted by molar-refractivity contribution is 0.0941. The zero-order valence-corrected chi connectivity index (χ0v) is 15.8. The van der Waals surface area contributed by atoms with Gasteiger partial charge in [0.15, 0.2) is 5.82 Å². The third kappa shape index (κ3) is 3.37. The van der Waals surface area contributed by atoms with Gasteiger partial charge in [0.1, 0.15) is 5.54 Å². The van der Waals surface area contributed by atoms with Crippen LogP contribution in [0.4, 0.5) is 0 Å². The van der Waals surface area contributed by atoms with Crippen LogP contribution in [0.25, 0.3) is 16.8 Å². The van der Waals surface area contributed by atoms with Crippen LogP contribution in [0.1, 0.15) is 41.5 Å². The molecule has 1 fully saturated rings. The lowest BCUT2D eigenvalue weighted by Crippen LogP contribution is -2.35. The van der Waals surface area contributed by atoms with Crippen LogP contribution in [-0.2, 0) is 6.42 Å². The van der Waals surface area contributed by atoms with Crippen molar-refractivity contribution in [3.63, 3.8) is 0 Å². The molecule has 7 heteroatoms. The van der Waals surface area contributed by atoms with Gasteiger partial charge in [0.25, 0.3) is 5.91 Å². The Kier molecular flexibility index (Phi) is 4.40. The summed E-state index contributed by atoms with van der Waals surface area (Å²) in [4.78, 5) is 12.8. The number of carbonyl (C=O) groups excluding carboxylic acids is 1. The molecule has 4 rings (SSSR count). The first-order valence-electron chi connectivity index (χ1n) is 9.27. The van der Waals surface area contributed by atoms with Crippen LogP contribution in [0.2, 0.25) is 0 Å². The van der Waals surface area contributed by atoms with E-state index in [0.29, 0.717) is 36.3 Å². The number of hydrogen-bond donors (Lipinski definition) is 1. The number of amides is 1. The third-order valence-corrected chi connectivity index (χ3v) is 4.98. The largest absolute Gasteiger partial charge is 0.334 e. The maximum atomic E-state index is 12.8. The highest BCUT2D eigenvalue weighted by Gasteiger charge is 2.44. The summed E-state index contributed by atoms with van der Waals surface area (Å²) < 4.78 is 1.64. The second-order valence-corrected chi connectivity index (χ2v) is 7.14. The van der Waals surface area contributed by atoms with Crippen molar-refractivity contribution < 1.29 is 4.79 Å². The van der Waals surface area contributed by atoms with Gasteiger partial charge in [-0.05, 0) is 59.5 Å². The van der Waals surface area contributed by atoms with Crippen LogP contribution in [0.15, 0.2) is 42.5 Å². The van der Waals surface area contributed by atoms with E-state index in [4.69, 9.17) is 0 Å². The number of carbonyl (C=O) groups is 1. The summed E-state index contributed by atoms with van der Waals surface area (Å²) in [5, 5.41) is 24.0. The Morgan fingerprint density at radius 3 is 2.61 bits per heavy atom. The predicted octanol–water partition coefficient (Wildman–Crippen LogP) is 2.99. The Morgan fingerprint density at radius 2 is 1.96 bits per heavy atom. The Hall–Kier alpha value is -3.53. The average Bonchev–Trinajstić information content (AvgIpc) is 3.32. The average molecular weight is 372 g/mol. The number of benzene rings is 2. The minimum absolute atomic E-state index is 0.264. The molecule has 0 saturated heterocycles. The molecule has 1 aliphatic carbocycles. The number of hydrogen-bond acceptors (Lipinski definition) is 5. The molecule has 0 unspecified atom stereocenters. The van der Waals surface area contributed by atoms with Gasteiger partial charge >= 0.3 is 0 Å². The molecule has 28 heavy (non-hydrogen) atoms. The fourth-order valence-electron chi connectivity index (χ4n) is 3.08. The van der Waals surface area contributed by atoms with Crippen LogP contribution >= 0.6 is 0 Å². The molecule has 0 spiro atoms. The molecule has 1 heterocycles. The van der Waals surface area contributed by atoms with Gasteiger partial charge in [-0.25, -0.2) is 0 Å². The second kappa shape index (κ2) is 6.89. The highest BCUT2D eigenvalue weighted by molar-refractivity contribution is 5.97. The molecule has 1 N–H and O–H groups in total. The van der Waals surface area contributed by atoms with E-state index in [-0.39, 0.29) is 5.91 Å². The molecule has 0 atom stereocenters. The van der Waals surface area contributed by atoms with E-state index in [1.807, 2.05) is 50.2 Å². The van der Waals surface area contributed by atoms with E-state index in [9.17, 15) is 10.1 Å². The van der Waals surface area contributed by atoms with Crippen LogP contribution in [0, 0.1) is 18.3 Å². The fourth-order valence-corrected chi connectivity index (χ4v) is 3.08. The molecule has 0 bridgehead atoms. The summed E-state index contributed by atoms with van der Waals surface area (Å²) in [6.45, 7) is 4.01. The standard InChI is InChI=1S/C21H20N6O/c1-3-19-24-25-26-27(19)18-11-16(15-6-4-14(2)5-7-15)10-17(12-18)20(28)23-21(13-22)8-9-21/h4-7,10-12H,3,8-9H2,1-2H3,(H,23,28). The van der Waals surface area contributed by atoms with Crippen LogP contribution in [0.3, 0.4) is 0 Å². The summed E-state index contributed by atoms with van der Waals surface area (Å²) in [5.41, 5.74) is 3.52. The van der Waals surface area contributed by atoms with Gasteiger partial charge in [-0.15, -0.1) is 5.10 Å². The molecule has 1 amide bonds. The number of nitrogens with one attached hydrogen (secondary N) is 1. The molecule has 140 valence electrons. The molecule has 2 aromatic carbocycles. The summed E-state index contributed by atoms with van der Waals surface area (Å²) >= 11 is 0. The van der Waals surface area contributed by atoms with Gasteiger partial charge in [0.2, 0.25) is 0 Å². The molecule has 7 nitrogen and oxygen atoms in total. The van der Waals surface area contributed by atoms with Crippen molar-refractivity contribution in [2.75, 3.05) is 0 Å². The zero-order valence-electron chi connectivity index (χ0n) is 15.8. The second-order valence-electron chi connectivity index (χ2n) is 7.14. The SMILES string of the molecule is CCc1nnnn1-c1cc(C(=O)NC2(C#N)CC2)cc(-c2ccc(C)cc2)c1. The topological polar surface area (TPSA) is 96.5 Å². The lowest BCUT2D eigenvalue weighted by Gasteiger charge is -2.13. The minimum Gasteiger partial charge on any atom is -0.334 e. The molecule has 0 aliphatic heterocycles. The maximum absolute atomic E-state index is 12.8. The van der Waals surface area contributed by atoms with Crippen molar-refractivity contribution in [3.8, 4) is 22.9 Å². The number of rotatable bonds is 5. The molecular weight excluding hydrogens is 352 g/mol. The summed E-state index contributed by atoms with van der Waals surface area (Å²) in [7, 11) is 0. The molecule has 1 saturated carbocycles. The van der Waals surface area contributed by atoms with E-state index >= 15 is 0 Å². The van der Waals surface area contributed by atoms with Crippen LogP contribution < -0.4 is 5.32 Å². The zero-order chi connectivity index (χ0) is 19.7. The van der Waals surface area contributed by atoms with Crippen molar-refractivity contribution in [1.29, 1.82) is 5.26 Å². The highest BCUT2D eigenvalue weighted by Crippen LogP contribution is 2.35. The summed E-state index contributed by atoms with van der Waals surface area (Å²) in [6.07, 6.45) is 2.04. The molecule has 1 aliphatic rings. The molecule has 0 radical (unpaired) electrons. The Morgan fingerprint density at radius 1 is 1.21 bits per heavy atom.